The highest BCUT2D eigenvalue weighted by atomic mass is 32.1. The molecular formula is C25H20F2N2O4S. The summed E-state index contributed by atoms with van der Waals surface area (Å²) in [6.07, 6.45) is 2.81. The molecule has 0 atom stereocenters. The number of aromatic nitrogens is 2. The van der Waals surface area contributed by atoms with Gasteiger partial charge >= 0.3 is 12.6 Å². The number of para-hydroxylation sites is 1. The second kappa shape index (κ2) is 9.96. The Hall–Kier alpha value is -3.85. The Bertz CT molecular complexity index is 1340. The smallest absolute Gasteiger partial charge is 0.387 e. The number of nitrogens with zero attached hydrogens (tertiary/aromatic N) is 2. The SMILES string of the molecule is Cc1cc(C(=O)COC(=O)C=Cc2nc3ccccc3s2)c(C)n1-c1ccc(OC(F)F)cc1. The first-order chi connectivity index (χ1) is 16.3. The molecule has 0 bridgehead atoms. The van der Waals surface area contributed by atoms with Crippen LogP contribution in [0.4, 0.5) is 8.78 Å². The van der Waals surface area contributed by atoms with Crippen molar-refractivity contribution in [2.75, 3.05) is 6.61 Å². The van der Waals surface area contributed by atoms with Crippen LogP contribution in [-0.4, -0.2) is 34.5 Å². The molecule has 9 heteroatoms. The van der Waals surface area contributed by atoms with Gasteiger partial charge in [0.05, 0.1) is 10.2 Å². The number of alkyl halides is 2. The second-order valence-corrected chi connectivity index (χ2v) is 8.44. The molecule has 2 aromatic heterocycles. The van der Waals surface area contributed by atoms with Gasteiger partial charge in [0.15, 0.2) is 6.61 Å². The number of fused-ring (bicyclic) bond motifs is 1. The summed E-state index contributed by atoms with van der Waals surface area (Å²) in [5, 5.41) is 0.665. The number of halogens is 2. The molecule has 6 nitrogen and oxygen atoms in total. The topological polar surface area (TPSA) is 70.4 Å². The van der Waals surface area contributed by atoms with Crippen molar-refractivity contribution in [3.63, 3.8) is 0 Å². The van der Waals surface area contributed by atoms with E-state index in [-0.39, 0.29) is 11.5 Å². The highest BCUT2D eigenvalue weighted by Crippen LogP contribution is 2.24. The normalized spacial score (nSPS) is 11.4. The second-order valence-electron chi connectivity index (χ2n) is 7.38. The summed E-state index contributed by atoms with van der Waals surface area (Å²) >= 11 is 1.45. The molecule has 0 aliphatic rings. The molecule has 0 fully saturated rings. The van der Waals surface area contributed by atoms with Gasteiger partial charge in [-0.2, -0.15) is 8.78 Å². The number of thiazole rings is 1. The summed E-state index contributed by atoms with van der Waals surface area (Å²) in [5.74, 6) is -0.946. The Balaban J connectivity index is 1.40. The third-order valence-electron chi connectivity index (χ3n) is 5.07. The number of aryl methyl sites for hydroxylation is 1. The van der Waals surface area contributed by atoms with Crippen LogP contribution in [0.1, 0.15) is 26.8 Å². The van der Waals surface area contributed by atoms with E-state index in [9.17, 15) is 18.4 Å². The van der Waals surface area contributed by atoms with Crippen LogP contribution < -0.4 is 4.74 Å². The monoisotopic (exact) mass is 482 g/mol. The van der Waals surface area contributed by atoms with Crippen molar-refractivity contribution in [2.45, 2.75) is 20.5 Å². The lowest BCUT2D eigenvalue weighted by atomic mass is 10.1. The van der Waals surface area contributed by atoms with Crippen LogP contribution >= 0.6 is 11.3 Å². The van der Waals surface area contributed by atoms with Gasteiger partial charge in [-0.25, -0.2) is 9.78 Å². The standard InChI is InChI=1S/C25H20F2N2O4S/c1-15-13-19(16(2)29(15)17-7-9-18(10-8-17)33-25(26)27)21(30)14-32-24(31)12-11-23-28-20-5-3-4-6-22(20)34-23/h3-13,25H,14H2,1-2H3. The number of esters is 1. The van der Waals surface area contributed by atoms with Crippen LogP contribution in [0.2, 0.25) is 0 Å². The van der Waals surface area contributed by atoms with Crippen molar-refractivity contribution in [3.05, 3.63) is 82.6 Å². The fourth-order valence-electron chi connectivity index (χ4n) is 3.58. The summed E-state index contributed by atoms with van der Waals surface area (Å²) in [7, 11) is 0. The van der Waals surface area contributed by atoms with Gasteiger partial charge in [0.1, 0.15) is 10.8 Å². The van der Waals surface area contributed by atoms with Crippen LogP contribution in [-0.2, 0) is 9.53 Å². The molecule has 0 spiro atoms. The lowest BCUT2D eigenvalue weighted by Crippen LogP contribution is -2.13. The maximum atomic E-state index is 12.7. The van der Waals surface area contributed by atoms with E-state index in [2.05, 4.69) is 9.72 Å². The van der Waals surface area contributed by atoms with E-state index in [1.54, 1.807) is 31.2 Å². The minimum absolute atomic E-state index is 0.0447. The van der Waals surface area contributed by atoms with Gasteiger partial charge in [-0.1, -0.05) is 12.1 Å². The Labute approximate surface area is 198 Å². The minimum atomic E-state index is -2.90. The number of rotatable bonds is 8. The number of benzene rings is 2. The average molecular weight is 483 g/mol. The summed E-state index contributed by atoms with van der Waals surface area (Å²) in [6, 6.07) is 15.5. The highest BCUT2D eigenvalue weighted by molar-refractivity contribution is 7.19. The van der Waals surface area contributed by atoms with E-state index < -0.39 is 19.2 Å². The lowest BCUT2D eigenvalue weighted by molar-refractivity contribution is -0.136. The van der Waals surface area contributed by atoms with Crippen LogP contribution in [0.15, 0.2) is 60.7 Å². The zero-order valence-corrected chi connectivity index (χ0v) is 19.1. The molecule has 34 heavy (non-hydrogen) atoms. The van der Waals surface area contributed by atoms with Gasteiger partial charge < -0.3 is 14.0 Å². The molecular weight excluding hydrogens is 462 g/mol. The van der Waals surface area contributed by atoms with Gasteiger partial charge in [0.2, 0.25) is 5.78 Å². The zero-order valence-electron chi connectivity index (χ0n) is 18.3. The lowest BCUT2D eigenvalue weighted by Gasteiger charge is -2.11. The predicted octanol–water partition coefficient (Wildman–Crippen LogP) is 5.74. The quantitative estimate of drug-likeness (QED) is 0.182. The fraction of sp³-hybridized carbons (Fsp3) is 0.160. The van der Waals surface area contributed by atoms with Crippen LogP contribution in [0.5, 0.6) is 5.75 Å². The number of ether oxygens (including phenoxy) is 2. The highest BCUT2D eigenvalue weighted by Gasteiger charge is 2.18. The maximum Gasteiger partial charge on any atom is 0.387 e. The molecule has 0 saturated carbocycles. The summed E-state index contributed by atoms with van der Waals surface area (Å²) in [6.45, 7) is 0.275. The Morgan fingerprint density at radius 2 is 1.85 bits per heavy atom. The van der Waals surface area contributed by atoms with E-state index >= 15 is 0 Å². The van der Waals surface area contributed by atoms with Crippen LogP contribution in [0.25, 0.3) is 22.0 Å². The number of carbonyl (C=O) groups is 2. The number of carbonyl (C=O) groups excluding carboxylic acids is 2. The van der Waals surface area contributed by atoms with E-state index in [4.69, 9.17) is 4.74 Å². The van der Waals surface area contributed by atoms with Crippen molar-refractivity contribution in [1.29, 1.82) is 0 Å². The Morgan fingerprint density at radius 1 is 1.12 bits per heavy atom. The largest absolute Gasteiger partial charge is 0.454 e. The summed E-state index contributed by atoms with van der Waals surface area (Å²) < 4.78 is 37.0. The first-order valence-corrected chi connectivity index (χ1v) is 11.1. The Morgan fingerprint density at radius 3 is 2.56 bits per heavy atom. The zero-order chi connectivity index (χ0) is 24.2. The number of ketones is 1. The van der Waals surface area contributed by atoms with Gasteiger partial charge in [0.25, 0.3) is 0 Å². The third kappa shape index (κ3) is 5.20. The van der Waals surface area contributed by atoms with E-state index in [0.717, 1.165) is 15.9 Å². The molecule has 174 valence electrons. The molecule has 0 aliphatic carbocycles. The van der Waals surface area contributed by atoms with E-state index in [1.807, 2.05) is 35.8 Å². The molecule has 0 aliphatic heterocycles. The predicted molar refractivity (Wildman–Crippen MR) is 126 cm³/mol. The molecule has 0 unspecified atom stereocenters. The first kappa shape index (κ1) is 23.3. The van der Waals surface area contributed by atoms with Crippen molar-refractivity contribution in [1.82, 2.24) is 9.55 Å². The average Bonchev–Trinajstić information content (AvgIpc) is 3.36. The number of Topliss-reactive ketones (excluding diaryl/α,β-unsaturated/α-hetero) is 1. The molecule has 0 N–H and O–H groups in total. The number of hydrogen-bond acceptors (Lipinski definition) is 6. The Kier molecular flexibility index (Phi) is 6.83. The molecule has 2 aromatic carbocycles. The van der Waals surface area contributed by atoms with Gasteiger partial charge in [-0.05, 0) is 62.4 Å². The minimum Gasteiger partial charge on any atom is -0.454 e. The number of hydrogen-bond donors (Lipinski definition) is 0. The summed E-state index contributed by atoms with van der Waals surface area (Å²) in [5.41, 5.74) is 3.36. The van der Waals surface area contributed by atoms with E-state index in [1.165, 1.54) is 29.5 Å². The van der Waals surface area contributed by atoms with Gasteiger partial charge in [0, 0.05) is 28.7 Å². The van der Waals surface area contributed by atoms with Crippen molar-refractivity contribution < 1.29 is 27.8 Å². The van der Waals surface area contributed by atoms with Crippen LogP contribution in [0, 0.1) is 13.8 Å². The molecule has 0 saturated heterocycles. The maximum absolute atomic E-state index is 12.7. The summed E-state index contributed by atoms with van der Waals surface area (Å²) in [4.78, 5) is 29.2. The van der Waals surface area contributed by atoms with Crippen molar-refractivity contribution in [2.24, 2.45) is 0 Å². The van der Waals surface area contributed by atoms with Crippen molar-refractivity contribution in [3.8, 4) is 11.4 Å². The fourth-order valence-corrected chi connectivity index (χ4v) is 4.45. The first-order valence-electron chi connectivity index (χ1n) is 10.3. The molecule has 4 rings (SSSR count). The van der Waals surface area contributed by atoms with E-state index in [0.29, 0.717) is 22.0 Å². The molecule has 2 heterocycles. The third-order valence-corrected chi connectivity index (χ3v) is 6.07. The molecule has 4 aromatic rings. The van der Waals surface area contributed by atoms with Crippen LogP contribution in [0.3, 0.4) is 0 Å². The van der Waals surface area contributed by atoms with Gasteiger partial charge in [-0.15, -0.1) is 11.3 Å². The molecule has 0 radical (unpaired) electrons. The van der Waals surface area contributed by atoms with Gasteiger partial charge in [-0.3, -0.25) is 4.79 Å². The van der Waals surface area contributed by atoms with Crippen molar-refractivity contribution >= 4 is 39.4 Å². The molecule has 0 amide bonds.